The Morgan fingerprint density at radius 3 is 2.72 bits per heavy atom. The second kappa shape index (κ2) is 6.19. The molecule has 1 aromatic rings. The van der Waals surface area contributed by atoms with Gasteiger partial charge in [0, 0.05) is 18.8 Å². The van der Waals surface area contributed by atoms with Crippen LogP contribution in [0.1, 0.15) is 38.2 Å². The van der Waals surface area contributed by atoms with E-state index < -0.39 is 0 Å². The summed E-state index contributed by atoms with van der Waals surface area (Å²) in [4.78, 5) is 7.02. The molecule has 3 heteroatoms. The SMILES string of the molecule is CCN(c1ccc(C)cn1)C1CCCCC1CN. The molecular weight excluding hydrogens is 222 g/mol. The molecule has 0 spiro atoms. The molecule has 1 aliphatic rings. The van der Waals surface area contributed by atoms with Gasteiger partial charge < -0.3 is 10.6 Å². The predicted molar refractivity (Wildman–Crippen MR) is 76.8 cm³/mol. The Labute approximate surface area is 110 Å². The lowest BCUT2D eigenvalue weighted by atomic mass is 9.83. The number of anilines is 1. The van der Waals surface area contributed by atoms with Crippen molar-refractivity contribution in [2.24, 2.45) is 11.7 Å². The molecule has 2 rings (SSSR count). The Morgan fingerprint density at radius 2 is 2.11 bits per heavy atom. The van der Waals surface area contributed by atoms with Crippen LogP contribution in [-0.2, 0) is 0 Å². The first-order valence-electron chi connectivity index (χ1n) is 7.15. The van der Waals surface area contributed by atoms with Crippen molar-refractivity contribution in [3.05, 3.63) is 23.9 Å². The van der Waals surface area contributed by atoms with E-state index in [1.165, 1.54) is 31.2 Å². The van der Waals surface area contributed by atoms with E-state index in [-0.39, 0.29) is 0 Å². The van der Waals surface area contributed by atoms with Crippen LogP contribution >= 0.6 is 0 Å². The largest absolute Gasteiger partial charge is 0.354 e. The molecule has 0 aromatic carbocycles. The molecule has 1 fully saturated rings. The molecule has 2 atom stereocenters. The molecule has 0 amide bonds. The van der Waals surface area contributed by atoms with E-state index in [0.29, 0.717) is 12.0 Å². The number of pyridine rings is 1. The molecule has 0 bridgehead atoms. The van der Waals surface area contributed by atoms with Crippen molar-refractivity contribution in [3.63, 3.8) is 0 Å². The first-order chi connectivity index (χ1) is 8.76. The van der Waals surface area contributed by atoms with Gasteiger partial charge in [0.25, 0.3) is 0 Å². The number of nitrogens with zero attached hydrogens (tertiary/aromatic N) is 2. The quantitative estimate of drug-likeness (QED) is 0.889. The van der Waals surface area contributed by atoms with Crippen molar-refractivity contribution in [1.29, 1.82) is 0 Å². The highest BCUT2D eigenvalue weighted by molar-refractivity contribution is 5.40. The second-order valence-corrected chi connectivity index (χ2v) is 5.33. The lowest BCUT2D eigenvalue weighted by molar-refractivity contribution is 0.299. The lowest BCUT2D eigenvalue weighted by Gasteiger charge is -2.40. The average molecular weight is 247 g/mol. The minimum absolute atomic E-state index is 0.573. The minimum Gasteiger partial charge on any atom is -0.354 e. The van der Waals surface area contributed by atoms with Gasteiger partial charge in [-0.2, -0.15) is 0 Å². The van der Waals surface area contributed by atoms with E-state index in [4.69, 9.17) is 5.73 Å². The molecule has 2 N–H and O–H groups in total. The number of aromatic nitrogens is 1. The molecule has 2 unspecified atom stereocenters. The average Bonchev–Trinajstić information content (AvgIpc) is 2.42. The molecule has 1 saturated carbocycles. The number of rotatable bonds is 4. The van der Waals surface area contributed by atoms with Gasteiger partial charge in [0.1, 0.15) is 5.82 Å². The van der Waals surface area contributed by atoms with Crippen LogP contribution in [0.15, 0.2) is 18.3 Å². The van der Waals surface area contributed by atoms with Crippen LogP contribution in [0.3, 0.4) is 0 Å². The zero-order valence-electron chi connectivity index (χ0n) is 11.6. The maximum Gasteiger partial charge on any atom is 0.128 e. The van der Waals surface area contributed by atoms with Crippen molar-refractivity contribution in [3.8, 4) is 0 Å². The monoisotopic (exact) mass is 247 g/mol. The molecule has 3 nitrogen and oxygen atoms in total. The number of nitrogens with two attached hydrogens (primary N) is 1. The highest BCUT2D eigenvalue weighted by atomic mass is 15.2. The van der Waals surface area contributed by atoms with Gasteiger partial charge in [0.05, 0.1) is 0 Å². The van der Waals surface area contributed by atoms with Gasteiger partial charge in [-0.3, -0.25) is 0 Å². The van der Waals surface area contributed by atoms with Gasteiger partial charge in [-0.25, -0.2) is 4.98 Å². The van der Waals surface area contributed by atoms with Crippen molar-refractivity contribution in [2.75, 3.05) is 18.0 Å². The van der Waals surface area contributed by atoms with Crippen LogP contribution < -0.4 is 10.6 Å². The first-order valence-corrected chi connectivity index (χ1v) is 7.15. The summed E-state index contributed by atoms with van der Waals surface area (Å²) in [6, 6.07) is 4.86. The Bertz CT molecular complexity index is 361. The van der Waals surface area contributed by atoms with Gasteiger partial charge in [-0.15, -0.1) is 0 Å². The topological polar surface area (TPSA) is 42.2 Å². The fourth-order valence-corrected chi connectivity index (χ4v) is 3.07. The van der Waals surface area contributed by atoms with Gasteiger partial charge in [0.2, 0.25) is 0 Å². The van der Waals surface area contributed by atoms with Crippen LogP contribution in [0.25, 0.3) is 0 Å². The fraction of sp³-hybridized carbons (Fsp3) is 0.667. The summed E-state index contributed by atoms with van der Waals surface area (Å²) < 4.78 is 0. The zero-order valence-corrected chi connectivity index (χ0v) is 11.6. The van der Waals surface area contributed by atoms with E-state index in [2.05, 4.69) is 35.9 Å². The van der Waals surface area contributed by atoms with Crippen LogP contribution in [-0.4, -0.2) is 24.1 Å². The van der Waals surface area contributed by atoms with E-state index in [0.717, 1.165) is 18.9 Å². The number of aryl methyl sites for hydroxylation is 1. The van der Waals surface area contributed by atoms with E-state index >= 15 is 0 Å². The minimum atomic E-state index is 0.573. The van der Waals surface area contributed by atoms with Crippen molar-refractivity contribution < 1.29 is 0 Å². The maximum atomic E-state index is 5.94. The lowest BCUT2D eigenvalue weighted by Crippen LogP contribution is -2.45. The van der Waals surface area contributed by atoms with Crippen LogP contribution in [0, 0.1) is 12.8 Å². The first kappa shape index (κ1) is 13.3. The molecule has 0 radical (unpaired) electrons. The normalized spacial score (nSPS) is 23.9. The van der Waals surface area contributed by atoms with E-state index in [1.807, 2.05) is 6.20 Å². The van der Waals surface area contributed by atoms with Crippen LogP contribution in [0.2, 0.25) is 0 Å². The summed E-state index contributed by atoms with van der Waals surface area (Å²) in [5, 5.41) is 0. The molecule has 0 aliphatic heterocycles. The van der Waals surface area contributed by atoms with Gasteiger partial charge in [-0.05, 0) is 50.8 Å². The summed E-state index contributed by atoms with van der Waals surface area (Å²) in [5.41, 5.74) is 7.16. The van der Waals surface area contributed by atoms with Crippen LogP contribution in [0.4, 0.5) is 5.82 Å². The zero-order chi connectivity index (χ0) is 13.0. The van der Waals surface area contributed by atoms with Gasteiger partial charge in [0.15, 0.2) is 0 Å². The van der Waals surface area contributed by atoms with Crippen LogP contribution in [0.5, 0.6) is 0 Å². The molecule has 1 heterocycles. The highest BCUT2D eigenvalue weighted by Gasteiger charge is 2.29. The van der Waals surface area contributed by atoms with E-state index in [9.17, 15) is 0 Å². The summed E-state index contributed by atoms with van der Waals surface area (Å²) in [6.45, 7) is 6.10. The van der Waals surface area contributed by atoms with Crippen molar-refractivity contribution >= 4 is 5.82 Å². The second-order valence-electron chi connectivity index (χ2n) is 5.33. The summed E-state index contributed by atoms with van der Waals surface area (Å²) in [6.07, 6.45) is 7.13. The van der Waals surface area contributed by atoms with Gasteiger partial charge >= 0.3 is 0 Å². The number of hydrogen-bond donors (Lipinski definition) is 1. The fourth-order valence-electron chi connectivity index (χ4n) is 3.07. The summed E-state index contributed by atoms with van der Waals surface area (Å²) >= 11 is 0. The molecule has 0 saturated heterocycles. The standard InChI is InChI=1S/C15H25N3/c1-3-18(15-9-8-12(2)11-17-15)14-7-5-4-6-13(14)10-16/h8-9,11,13-14H,3-7,10,16H2,1-2H3. The Kier molecular flexibility index (Phi) is 4.59. The Balaban J connectivity index is 2.18. The highest BCUT2D eigenvalue weighted by Crippen LogP contribution is 2.30. The molecular formula is C15H25N3. The molecule has 18 heavy (non-hydrogen) atoms. The summed E-state index contributed by atoms with van der Waals surface area (Å²) in [5.74, 6) is 1.73. The molecule has 100 valence electrons. The molecule has 1 aromatic heterocycles. The third-order valence-corrected chi connectivity index (χ3v) is 4.10. The smallest absolute Gasteiger partial charge is 0.128 e. The number of hydrogen-bond acceptors (Lipinski definition) is 3. The third-order valence-electron chi connectivity index (χ3n) is 4.10. The Hall–Kier alpha value is -1.09. The van der Waals surface area contributed by atoms with Crippen molar-refractivity contribution in [2.45, 2.75) is 45.6 Å². The van der Waals surface area contributed by atoms with E-state index in [1.54, 1.807) is 0 Å². The molecule has 1 aliphatic carbocycles. The Morgan fingerprint density at radius 1 is 1.33 bits per heavy atom. The maximum absolute atomic E-state index is 5.94. The third kappa shape index (κ3) is 2.83. The predicted octanol–water partition coefficient (Wildman–Crippen LogP) is 2.73. The van der Waals surface area contributed by atoms with Crippen molar-refractivity contribution in [1.82, 2.24) is 4.98 Å². The van der Waals surface area contributed by atoms with Gasteiger partial charge in [-0.1, -0.05) is 18.9 Å². The summed E-state index contributed by atoms with van der Waals surface area (Å²) in [7, 11) is 0.